The van der Waals surface area contributed by atoms with Crippen LogP contribution in [0.15, 0.2) is 59.2 Å². The number of pyridine rings is 1. The Bertz CT molecular complexity index is 1160. The number of hydrogen-bond donors (Lipinski definition) is 1. The van der Waals surface area contributed by atoms with Gasteiger partial charge in [-0.1, -0.05) is 24.3 Å². The van der Waals surface area contributed by atoms with Crippen molar-refractivity contribution >= 4 is 33.0 Å². The van der Waals surface area contributed by atoms with Crippen LogP contribution in [0, 0.1) is 0 Å². The van der Waals surface area contributed by atoms with Gasteiger partial charge >= 0.3 is 0 Å². The van der Waals surface area contributed by atoms with Crippen molar-refractivity contribution in [3.05, 3.63) is 75.9 Å². The first-order valence-corrected chi connectivity index (χ1v) is 9.92. The van der Waals surface area contributed by atoms with E-state index in [-0.39, 0.29) is 0 Å². The Morgan fingerprint density at radius 3 is 2.48 bits per heavy atom. The Morgan fingerprint density at radius 2 is 1.76 bits per heavy atom. The zero-order valence-electron chi connectivity index (χ0n) is 16.2. The molecule has 2 N–H and O–H groups in total. The third-order valence-corrected chi connectivity index (χ3v) is 5.26. The molecular formula is C22H21BrN4O2. The molecule has 0 aliphatic carbocycles. The number of benzene rings is 2. The van der Waals surface area contributed by atoms with Gasteiger partial charge in [-0.15, -0.1) is 0 Å². The normalized spacial score (nSPS) is 11.0. The minimum atomic E-state index is 0.437. The smallest absolute Gasteiger partial charge is 0.202 e. The summed E-state index contributed by atoms with van der Waals surface area (Å²) in [6, 6.07) is 16.2. The van der Waals surface area contributed by atoms with Crippen molar-refractivity contribution in [2.75, 3.05) is 20.0 Å². The molecule has 6 nitrogen and oxygen atoms in total. The first kappa shape index (κ1) is 19.3. The molecule has 0 atom stereocenters. The van der Waals surface area contributed by atoms with Crippen molar-refractivity contribution in [2.24, 2.45) is 0 Å². The topological polar surface area (TPSA) is 75.2 Å². The lowest BCUT2D eigenvalue weighted by molar-refractivity contribution is 0.409. The van der Waals surface area contributed by atoms with Gasteiger partial charge in [0, 0.05) is 17.1 Å². The highest BCUT2D eigenvalue weighted by Crippen LogP contribution is 2.26. The highest BCUT2D eigenvalue weighted by atomic mass is 79.9. The average Bonchev–Trinajstić information content (AvgIpc) is 3.03. The lowest BCUT2D eigenvalue weighted by Gasteiger charge is -2.12. The van der Waals surface area contributed by atoms with E-state index >= 15 is 0 Å². The maximum atomic E-state index is 6.13. The molecule has 0 unspecified atom stereocenters. The number of aromatic nitrogens is 3. The minimum absolute atomic E-state index is 0.437. The summed E-state index contributed by atoms with van der Waals surface area (Å²) < 4.78 is 13.7. The molecule has 2 heterocycles. The predicted octanol–water partition coefficient (Wildman–Crippen LogP) is 4.43. The second-order valence-electron chi connectivity index (χ2n) is 6.72. The van der Waals surface area contributed by atoms with Crippen molar-refractivity contribution in [1.29, 1.82) is 0 Å². The van der Waals surface area contributed by atoms with Crippen LogP contribution in [0.4, 0.5) is 5.95 Å². The summed E-state index contributed by atoms with van der Waals surface area (Å²) in [5.74, 6) is 2.13. The monoisotopic (exact) mass is 452 g/mol. The number of halogens is 1. The van der Waals surface area contributed by atoms with Gasteiger partial charge in [0.25, 0.3) is 0 Å². The van der Waals surface area contributed by atoms with Crippen LogP contribution < -0.4 is 15.2 Å². The third-order valence-electron chi connectivity index (χ3n) is 4.83. The summed E-state index contributed by atoms with van der Waals surface area (Å²) in [6.45, 7) is 0.566. The minimum Gasteiger partial charge on any atom is -0.497 e. The van der Waals surface area contributed by atoms with E-state index in [2.05, 4.69) is 50.2 Å². The number of rotatable bonds is 6. The Labute approximate surface area is 177 Å². The molecule has 2 aromatic heterocycles. The molecule has 0 aliphatic rings. The number of nitrogens with two attached hydrogens (primary N) is 1. The fourth-order valence-corrected chi connectivity index (χ4v) is 3.66. The van der Waals surface area contributed by atoms with Crippen molar-refractivity contribution in [3.63, 3.8) is 0 Å². The predicted molar refractivity (Wildman–Crippen MR) is 118 cm³/mol. The molecule has 0 fully saturated rings. The first-order valence-electron chi connectivity index (χ1n) is 9.13. The molecule has 29 heavy (non-hydrogen) atoms. The zero-order chi connectivity index (χ0) is 20.4. The Kier molecular flexibility index (Phi) is 5.40. The molecule has 0 amide bonds. The van der Waals surface area contributed by atoms with E-state index in [0.29, 0.717) is 12.5 Å². The SMILES string of the molecule is COc1ccc(Cc2ccc(Cn3c(N)nc4cc(Br)cnc43)cc2OC)cc1. The third kappa shape index (κ3) is 4.05. The molecule has 7 heteroatoms. The summed E-state index contributed by atoms with van der Waals surface area (Å²) in [7, 11) is 3.36. The van der Waals surface area contributed by atoms with E-state index in [1.54, 1.807) is 20.4 Å². The van der Waals surface area contributed by atoms with Crippen LogP contribution in [0.25, 0.3) is 11.2 Å². The van der Waals surface area contributed by atoms with Gasteiger partial charge in [0.2, 0.25) is 5.95 Å². The Hall–Kier alpha value is -3.06. The van der Waals surface area contributed by atoms with E-state index in [1.165, 1.54) is 5.56 Å². The lowest BCUT2D eigenvalue weighted by atomic mass is 10.0. The highest BCUT2D eigenvalue weighted by molar-refractivity contribution is 9.10. The van der Waals surface area contributed by atoms with Crippen molar-refractivity contribution in [3.8, 4) is 11.5 Å². The van der Waals surface area contributed by atoms with Gasteiger partial charge in [0.05, 0.1) is 20.8 Å². The number of methoxy groups -OCH3 is 2. The van der Waals surface area contributed by atoms with Crippen LogP contribution in [0.2, 0.25) is 0 Å². The molecule has 0 aliphatic heterocycles. The number of fused-ring (bicyclic) bond motifs is 1. The van der Waals surface area contributed by atoms with Gasteiger partial charge in [-0.3, -0.25) is 4.57 Å². The Morgan fingerprint density at radius 1 is 1.00 bits per heavy atom. The zero-order valence-corrected chi connectivity index (χ0v) is 17.8. The maximum Gasteiger partial charge on any atom is 0.202 e. The Balaban J connectivity index is 1.60. The van der Waals surface area contributed by atoms with Gasteiger partial charge in [-0.2, -0.15) is 0 Å². The van der Waals surface area contributed by atoms with E-state index in [0.717, 1.165) is 44.7 Å². The molecule has 4 rings (SSSR count). The number of nitrogens with zero attached hydrogens (tertiary/aromatic N) is 3. The summed E-state index contributed by atoms with van der Waals surface area (Å²) in [6.07, 6.45) is 2.53. The lowest BCUT2D eigenvalue weighted by Crippen LogP contribution is -2.06. The fourth-order valence-electron chi connectivity index (χ4n) is 3.34. The summed E-state index contributed by atoms with van der Waals surface area (Å²) >= 11 is 3.42. The quantitative estimate of drug-likeness (QED) is 0.468. The van der Waals surface area contributed by atoms with Gasteiger partial charge in [0.15, 0.2) is 5.65 Å². The maximum absolute atomic E-state index is 6.13. The van der Waals surface area contributed by atoms with Gasteiger partial charge in [-0.25, -0.2) is 9.97 Å². The molecule has 148 valence electrons. The van der Waals surface area contributed by atoms with Gasteiger partial charge < -0.3 is 15.2 Å². The molecule has 2 aromatic carbocycles. The molecule has 0 saturated carbocycles. The molecule has 0 spiro atoms. The van der Waals surface area contributed by atoms with Crippen LogP contribution >= 0.6 is 15.9 Å². The van der Waals surface area contributed by atoms with Crippen LogP contribution in [-0.2, 0) is 13.0 Å². The van der Waals surface area contributed by atoms with E-state index < -0.39 is 0 Å². The number of hydrogen-bond acceptors (Lipinski definition) is 5. The second-order valence-corrected chi connectivity index (χ2v) is 7.64. The highest BCUT2D eigenvalue weighted by Gasteiger charge is 2.12. The standard InChI is InChI=1S/C22H21BrN4O2/c1-28-18-7-4-14(5-8-18)9-16-6-3-15(10-20(16)29-2)13-27-21-19(26-22(27)24)11-17(23)12-25-21/h3-8,10-12H,9,13H2,1-2H3,(H2,24,26). The van der Waals surface area contributed by atoms with Crippen molar-refractivity contribution in [2.45, 2.75) is 13.0 Å². The number of ether oxygens (including phenoxy) is 2. The van der Waals surface area contributed by atoms with Crippen molar-refractivity contribution < 1.29 is 9.47 Å². The summed E-state index contributed by atoms with van der Waals surface area (Å²) in [5, 5.41) is 0. The largest absolute Gasteiger partial charge is 0.497 e. The van der Waals surface area contributed by atoms with Gasteiger partial charge in [0.1, 0.15) is 17.0 Å². The molecule has 4 aromatic rings. The van der Waals surface area contributed by atoms with Crippen LogP contribution in [0.5, 0.6) is 11.5 Å². The summed E-state index contributed by atoms with van der Waals surface area (Å²) in [4.78, 5) is 8.87. The first-order chi connectivity index (χ1) is 14.1. The molecule has 0 saturated heterocycles. The van der Waals surface area contributed by atoms with Crippen molar-refractivity contribution in [1.82, 2.24) is 14.5 Å². The van der Waals surface area contributed by atoms with Crippen LogP contribution in [0.1, 0.15) is 16.7 Å². The number of anilines is 1. The number of nitrogen functional groups attached to an aromatic ring is 1. The molecule has 0 bridgehead atoms. The molecule has 0 radical (unpaired) electrons. The molecular weight excluding hydrogens is 432 g/mol. The number of imidazole rings is 1. The average molecular weight is 453 g/mol. The van der Waals surface area contributed by atoms with E-state index in [1.807, 2.05) is 28.8 Å². The van der Waals surface area contributed by atoms with E-state index in [4.69, 9.17) is 15.2 Å². The second kappa shape index (κ2) is 8.13. The fraction of sp³-hybridized carbons (Fsp3) is 0.182. The van der Waals surface area contributed by atoms with E-state index in [9.17, 15) is 0 Å². The van der Waals surface area contributed by atoms with Crippen LogP contribution in [0.3, 0.4) is 0 Å². The van der Waals surface area contributed by atoms with Gasteiger partial charge in [-0.05, 0) is 56.9 Å². The summed E-state index contributed by atoms with van der Waals surface area (Å²) in [5.41, 5.74) is 11.0. The van der Waals surface area contributed by atoms with Crippen LogP contribution in [-0.4, -0.2) is 28.8 Å².